The van der Waals surface area contributed by atoms with Crippen LogP contribution in [0.4, 0.5) is 0 Å². The summed E-state index contributed by atoms with van der Waals surface area (Å²) in [4.78, 5) is 27.7. The summed E-state index contributed by atoms with van der Waals surface area (Å²) in [5.74, 6) is -0.979. The van der Waals surface area contributed by atoms with Gasteiger partial charge in [0.25, 0.3) is 11.8 Å². The van der Waals surface area contributed by atoms with E-state index in [1.165, 1.54) is 4.90 Å². The van der Waals surface area contributed by atoms with Crippen LogP contribution in [0.1, 0.15) is 40.4 Å². The Morgan fingerprint density at radius 3 is 2.44 bits per heavy atom. The van der Waals surface area contributed by atoms with Crippen LogP contribution in [0.3, 0.4) is 0 Å². The third-order valence-electron chi connectivity index (χ3n) is 5.44. The Balaban J connectivity index is 1.85. The Morgan fingerprint density at radius 1 is 1.09 bits per heavy atom. The van der Waals surface area contributed by atoms with Crippen LogP contribution in [0.5, 0.6) is 0 Å². The number of amides is 2. The molecule has 1 unspecified atom stereocenters. The molecule has 1 saturated heterocycles. The lowest BCUT2D eigenvalue weighted by Crippen LogP contribution is -2.54. The highest BCUT2D eigenvalue weighted by atomic mass is 32.2. The lowest BCUT2D eigenvalue weighted by Gasteiger charge is -2.28. The van der Waals surface area contributed by atoms with Crippen molar-refractivity contribution < 1.29 is 18.0 Å². The van der Waals surface area contributed by atoms with Gasteiger partial charge in [-0.3, -0.25) is 9.59 Å². The van der Waals surface area contributed by atoms with Gasteiger partial charge in [0.05, 0.1) is 5.75 Å². The topological polar surface area (TPSA) is 113 Å². The van der Waals surface area contributed by atoms with Gasteiger partial charge in [-0.05, 0) is 36.6 Å². The van der Waals surface area contributed by atoms with Crippen LogP contribution in [0, 0.1) is 6.92 Å². The Kier molecular flexibility index (Phi) is 7.65. The van der Waals surface area contributed by atoms with Crippen LogP contribution < -0.4 is 11.1 Å². The molecule has 1 heterocycles. The first-order valence-corrected chi connectivity index (χ1v) is 12.3. The first kappa shape index (κ1) is 23.9. The summed E-state index contributed by atoms with van der Waals surface area (Å²) in [5, 5.41) is 2.80. The average molecular weight is 459 g/mol. The number of nitrogens with two attached hydrogens (primary N) is 1. The molecular formula is C23H30N4O4S. The smallest absolute Gasteiger partial charge is 0.259 e. The van der Waals surface area contributed by atoms with Crippen molar-refractivity contribution in [2.75, 3.05) is 18.8 Å². The molecule has 2 aromatic rings. The number of nitrogens with zero attached hydrogens (tertiary/aromatic N) is 2. The third-order valence-corrected chi connectivity index (χ3v) is 7.46. The van der Waals surface area contributed by atoms with E-state index in [4.69, 9.17) is 5.73 Å². The van der Waals surface area contributed by atoms with Crippen LogP contribution in [-0.4, -0.2) is 54.4 Å². The number of nitrogens with one attached hydrogen (secondary N) is 1. The number of hydrogen-bond acceptors (Lipinski definition) is 5. The Bertz CT molecular complexity index is 1070. The lowest BCUT2D eigenvalue weighted by atomic mass is 10.1. The molecule has 1 aliphatic heterocycles. The van der Waals surface area contributed by atoms with Crippen molar-refractivity contribution in [3.63, 3.8) is 0 Å². The minimum absolute atomic E-state index is 0.0815. The van der Waals surface area contributed by atoms with Crippen molar-refractivity contribution in [2.24, 2.45) is 5.73 Å². The average Bonchev–Trinajstić information content (AvgIpc) is 3.24. The molecule has 172 valence electrons. The maximum absolute atomic E-state index is 13.2. The molecule has 8 nitrogen and oxygen atoms in total. The van der Waals surface area contributed by atoms with Crippen LogP contribution in [0.25, 0.3) is 0 Å². The zero-order chi connectivity index (χ0) is 23.3. The maximum atomic E-state index is 13.2. The van der Waals surface area contributed by atoms with Gasteiger partial charge in [0.15, 0.2) is 6.17 Å². The van der Waals surface area contributed by atoms with Crippen LogP contribution in [0.2, 0.25) is 0 Å². The van der Waals surface area contributed by atoms with Gasteiger partial charge in [-0.15, -0.1) is 0 Å². The molecule has 1 atom stereocenters. The fourth-order valence-electron chi connectivity index (χ4n) is 3.77. The summed E-state index contributed by atoms with van der Waals surface area (Å²) in [7, 11) is -3.69. The highest BCUT2D eigenvalue weighted by molar-refractivity contribution is 7.89. The molecule has 0 aromatic heterocycles. The number of sulfonamides is 1. The minimum atomic E-state index is -3.69. The van der Waals surface area contributed by atoms with Gasteiger partial charge in [-0.25, -0.2) is 8.42 Å². The fraction of sp³-hybridized carbons (Fsp3) is 0.391. The Morgan fingerprint density at radius 2 is 1.78 bits per heavy atom. The number of aryl methyl sites for hydroxylation is 1. The SMILES string of the molecule is CCCS(=O)(=O)N1CCN(C(=O)c2ccc(C)cc2)C1C(=O)NCc1cccc(CN)c1. The van der Waals surface area contributed by atoms with E-state index in [-0.39, 0.29) is 31.3 Å². The first-order chi connectivity index (χ1) is 15.3. The van der Waals surface area contributed by atoms with Gasteiger partial charge in [-0.1, -0.05) is 48.9 Å². The Labute approximate surface area is 189 Å². The normalized spacial score (nSPS) is 16.8. The fourth-order valence-corrected chi connectivity index (χ4v) is 5.39. The second-order valence-corrected chi connectivity index (χ2v) is 9.95. The van der Waals surface area contributed by atoms with Gasteiger partial charge < -0.3 is 16.0 Å². The van der Waals surface area contributed by atoms with Crippen molar-refractivity contribution in [1.29, 1.82) is 0 Å². The molecular weight excluding hydrogens is 428 g/mol. The summed E-state index contributed by atoms with van der Waals surface area (Å²) < 4.78 is 26.8. The van der Waals surface area contributed by atoms with Gasteiger partial charge in [-0.2, -0.15) is 4.31 Å². The highest BCUT2D eigenvalue weighted by Gasteiger charge is 2.45. The van der Waals surface area contributed by atoms with Gasteiger partial charge >= 0.3 is 0 Å². The molecule has 1 fully saturated rings. The molecule has 9 heteroatoms. The maximum Gasteiger partial charge on any atom is 0.259 e. The number of benzene rings is 2. The molecule has 3 N–H and O–H groups in total. The Hall–Kier alpha value is -2.75. The van der Waals surface area contributed by atoms with Crippen molar-refractivity contribution in [3.05, 3.63) is 70.8 Å². The summed E-state index contributed by atoms with van der Waals surface area (Å²) in [6, 6.07) is 14.5. The van der Waals surface area contributed by atoms with Crippen molar-refractivity contribution in [2.45, 2.75) is 39.5 Å². The zero-order valence-corrected chi connectivity index (χ0v) is 19.3. The number of carbonyl (C=O) groups excluding carboxylic acids is 2. The molecule has 2 amide bonds. The molecule has 0 saturated carbocycles. The second-order valence-electron chi connectivity index (χ2n) is 7.91. The van der Waals surface area contributed by atoms with Gasteiger partial charge in [0.1, 0.15) is 0 Å². The monoisotopic (exact) mass is 458 g/mol. The quantitative estimate of drug-likeness (QED) is 0.624. The van der Waals surface area contributed by atoms with E-state index in [1.807, 2.05) is 43.3 Å². The van der Waals surface area contributed by atoms with E-state index in [9.17, 15) is 18.0 Å². The van der Waals surface area contributed by atoms with Gasteiger partial charge in [0.2, 0.25) is 10.0 Å². The van der Waals surface area contributed by atoms with Crippen molar-refractivity contribution >= 4 is 21.8 Å². The first-order valence-electron chi connectivity index (χ1n) is 10.7. The summed E-state index contributed by atoms with van der Waals surface area (Å²) in [6.07, 6.45) is -0.802. The predicted molar refractivity (Wildman–Crippen MR) is 123 cm³/mol. The molecule has 1 aliphatic rings. The van der Waals surface area contributed by atoms with Gasteiger partial charge in [0, 0.05) is 31.7 Å². The molecule has 2 aromatic carbocycles. The summed E-state index contributed by atoms with van der Waals surface area (Å²) in [5.41, 5.74) is 8.88. The van der Waals surface area contributed by atoms with Crippen molar-refractivity contribution in [1.82, 2.24) is 14.5 Å². The summed E-state index contributed by atoms with van der Waals surface area (Å²) in [6.45, 7) is 4.50. The van der Waals surface area contributed by atoms with E-state index in [0.29, 0.717) is 18.5 Å². The van der Waals surface area contributed by atoms with Crippen molar-refractivity contribution in [3.8, 4) is 0 Å². The zero-order valence-electron chi connectivity index (χ0n) is 18.5. The second kappa shape index (κ2) is 10.2. The molecule has 32 heavy (non-hydrogen) atoms. The summed E-state index contributed by atoms with van der Waals surface area (Å²) >= 11 is 0. The molecule has 0 aliphatic carbocycles. The number of rotatable bonds is 8. The van der Waals surface area contributed by atoms with Crippen LogP contribution in [0.15, 0.2) is 48.5 Å². The van der Waals surface area contributed by atoms with E-state index in [2.05, 4.69) is 5.32 Å². The van der Waals surface area contributed by atoms with E-state index >= 15 is 0 Å². The lowest BCUT2D eigenvalue weighted by molar-refractivity contribution is -0.127. The van der Waals surface area contributed by atoms with Crippen LogP contribution in [-0.2, 0) is 27.9 Å². The third kappa shape index (κ3) is 5.35. The van der Waals surface area contributed by atoms with E-state index in [0.717, 1.165) is 21.0 Å². The molecule has 3 rings (SSSR count). The van der Waals surface area contributed by atoms with E-state index < -0.39 is 22.1 Å². The largest absolute Gasteiger partial charge is 0.349 e. The minimum Gasteiger partial charge on any atom is -0.349 e. The van der Waals surface area contributed by atoms with E-state index in [1.54, 1.807) is 19.1 Å². The van der Waals surface area contributed by atoms with Crippen LogP contribution >= 0.6 is 0 Å². The number of hydrogen-bond donors (Lipinski definition) is 2. The molecule has 0 radical (unpaired) electrons. The molecule has 0 bridgehead atoms. The molecule has 0 spiro atoms. The highest BCUT2D eigenvalue weighted by Crippen LogP contribution is 2.23. The standard InChI is InChI=1S/C23H30N4O4S/c1-3-13-32(30,31)27-12-11-26(23(29)20-9-7-17(2)8-10-20)22(27)21(28)25-16-19-6-4-5-18(14-19)15-24/h4-10,14,22H,3,11-13,15-16,24H2,1-2H3,(H,25,28). The predicted octanol–water partition coefficient (Wildman–Crippen LogP) is 1.59. The number of carbonyl (C=O) groups is 2.